The van der Waals surface area contributed by atoms with E-state index in [1.807, 2.05) is 12.1 Å². The highest BCUT2D eigenvalue weighted by atomic mass is 16.1. The van der Waals surface area contributed by atoms with Crippen LogP contribution in [0, 0.1) is 0 Å². The largest absolute Gasteiger partial charge is 0.385 e. The summed E-state index contributed by atoms with van der Waals surface area (Å²) in [5, 5.41) is 10.3. The predicted molar refractivity (Wildman–Crippen MR) is 76.5 cm³/mol. The van der Waals surface area contributed by atoms with Crippen molar-refractivity contribution in [2.24, 2.45) is 0 Å². The second-order valence-corrected chi connectivity index (χ2v) is 4.86. The number of aromatic nitrogens is 3. The molecule has 2 heterocycles. The molecule has 1 amide bonds. The number of hydrogen-bond acceptors (Lipinski definition) is 4. The SMILES string of the molecule is O=C(CCn1cncn1)Nc1ccc2c(c1)CCCN2. The third kappa shape index (κ3) is 2.96. The zero-order valence-electron chi connectivity index (χ0n) is 11.2. The fourth-order valence-electron chi connectivity index (χ4n) is 2.34. The number of anilines is 2. The molecule has 2 N–H and O–H groups in total. The molecule has 0 atom stereocenters. The number of amides is 1. The molecule has 0 unspecified atom stereocenters. The third-order valence-electron chi connectivity index (χ3n) is 3.36. The molecule has 0 fully saturated rings. The van der Waals surface area contributed by atoms with Crippen molar-refractivity contribution < 1.29 is 4.79 Å². The Labute approximate surface area is 117 Å². The molecule has 0 saturated heterocycles. The van der Waals surface area contributed by atoms with E-state index in [0.29, 0.717) is 13.0 Å². The quantitative estimate of drug-likeness (QED) is 0.887. The van der Waals surface area contributed by atoms with Gasteiger partial charge >= 0.3 is 0 Å². The molecule has 104 valence electrons. The zero-order valence-corrected chi connectivity index (χ0v) is 11.2. The Morgan fingerprint density at radius 3 is 3.25 bits per heavy atom. The minimum atomic E-state index is -0.00998. The average Bonchev–Trinajstić information content (AvgIpc) is 2.98. The van der Waals surface area contributed by atoms with E-state index < -0.39 is 0 Å². The highest BCUT2D eigenvalue weighted by molar-refractivity contribution is 5.91. The molecule has 0 spiro atoms. The van der Waals surface area contributed by atoms with Gasteiger partial charge in [-0.2, -0.15) is 5.10 Å². The lowest BCUT2D eigenvalue weighted by atomic mass is 10.0. The Balaban J connectivity index is 1.58. The van der Waals surface area contributed by atoms with Crippen LogP contribution in [-0.4, -0.2) is 27.2 Å². The summed E-state index contributed by atoms with van der Waals surface area (Å²) in [6.07, 6.45) is 5.66. The first-order valence-corrected chi connectivity index (χ1v) is 6.80. The molecular weight excluding hydrogens is 254 g/mol. The van der Waals surface area contributed by atoms with Crippen LogP contribution in [0.15, 0.2) is 30.9 Å². The van der Waals surface area contributed by atoms with Crippen molar-refractivity contribution in [3.05, 3.63) is 36.4 Å². The summed E-state index contributed by atoms with van der Waals surface area (Å²) >= 11 is 0. The molecule has 0 bridgehead atoms. The monoisotopic (exact) mass is 271 g/mol. The summed E-state index contributed by atoms with van der Waals surface area (Å²) in [5.74, 6) is -0.00998. The zero-order chi connectivity index (χ0) is 13.8. The molecule has 6 heteroatoms. The molecule has 0 aliphatic carbocycles. The van der Waals surface area contributed by atoms with Gasteiger partial charge in [0.05, 0.1) is 6.54 Å². The predicted octanol–water partition coefficient (Wildman–Crippen LogP) is 1.66. The Morgan fingerprint density at radius 1 is 1.45 bits per heavy atom. The second-order valence-electron chi connectivity index (χ2n) is 4.86. The normalized spacial score (nSPS) is 13.4. The van der Waals surface area contributed by atoms with Crippen molar-refractivity contribution in [3.63, 3.8) is 0 Å². The summed E-state index contributed by atoms with van der Waals surface area (Å²) in [6.45, 7) is 1.56. The van der Waals surface area contributed by atoms with E-state index in [9.17, 15) is 4.79 Å². The molecule has 1 aliphatic heterocycles. The number of nitrogens with zero attached hydrogens (tertiary/aromatic N) is 3. The van der Waals surface area contributed by atoms with Gasteiger partial charge in [0, 0.05) is 24.3 Å². The van der Waals surface area contributed by atoms with Crippen LogP contribution in [0.25, 0.3) is 0 Å². The molecule has 0 saturated carbocycles. The van der Waals surface area contributed by atoms with Crippen LogP contribution in [-0.2, 0) is 17.8 Å². The Kier molecular flexibility index (Phi) is 3.62. The summed E-state index contributed by atoms with van der Waals surface area (Å²) in [4.78, 5) is 15.7. The third-order valence-corrected chi connectivity index (χ3v) is 3.36. The maximum absolute atomic E-state index is 11.9. The van der Waals surface area contributed by atoms with Crippen LogP contribution in [0.3, 0.4) is 0 Å². The van der Waals surface area contributed by atoms with E-state index in [1.54, 1.807) is 11.0 Å². The van der Waals surface area contributed by atoms with Crippen molar-refractivity contribution in [2.45, 2.75) is 25.8 Å². The van der Waals surface area contributed by atoms with Gasteiger partial charge in [-0.15, -0.1) is 0 Å². The molecule has 1 aromatic carbocycles. The number of carbonyl (C=O) groups excluding carboxylic acids is 1. The van der Waals surface area contributed by atoms with Gasteiger partial charge in [-0.05, 0) is 36.6 Å². The minimum Gasteiger partial charge on any atom is -0.385 e. The molecule has 20 heavy (non-hydrogen) atoms. The van der Waals surface area contributed by atoms with Gasteiger partial charge in [-0.25, -0.2) is 4.98 Å². The summed E-state index contributed by atoms with van der Waals surface area (Å²) in [6, 6.07) is 6.01. The first kappa shape index (κ1) is 12.7. The van der Waals surface area contributed by atoms with Crippen LogP contribution in [0.4, 0.5) is 11.4 Å². The van der Waals surface area contributed by atoms with Gasteiger partial charge in [0.15, 0.2) is 0 Å². The van der Waals surface area contributed by atoms with E-state index in [4.69, 9.17) is 0 Å². The van der Waals surface area contributed by atoms with Crippen LogP contribution < -0.4 is 10.6 Å². The van der Waals surface area contributed by atoms with E-state index in [2.05, 4.69) is 26.8 Å². The van der Waals surface area contributed by atoms with E-state index >= 15 is 0 Å². The lowest BCUT2D eigenvalue weighted by Gasteiger charge is -2.18. The first-order chi connectivity index (χ1) is 9.81. The first-order valence-electron chi connectivity index (χ1n) is 6.80. The van der Waals surface area contributed by atoms with Gasteiger partial charge in [0.2, 0.25) is 5.91 Å². The van der Waals surface area contributed by atoms with Crippen molar-refractivity contribution in [2.75, 3.05) is 17.2 Å². The van der Waals surface area contributed by atoms with Crippen LogP contribution in [0.5, 0.6) is 0 Å². The fourth-order valence-corrected chi connectivity index (χ4v) is 2.34. The minimum absolute atomic E-state index is 0.00998. The highest BCUT2D eigenvalue weighted by Crippen LogP contribution is 2.25. The van der Waals surface area contributed by atoms with Crippen molar-refractivity contribution in [1.29, 1.82) is 0 Å². The number of rotatable bonds is 4. The second kappa shape index (κ2) is 5.73. The highest BCUT2D eigenvalue weighted by Gasteiger charge is 2.10. The Hall–Kier alpha value is -2.37. The number of nitrogens with one attached hydrogen (secondary N) is 2. The molecule has 2 aromatic rings. The van der Waals surface area contributed by atoms with Crippen LogP contribution in [0.1, 0.15) is 18.4 Å². The molecule has 6 nitrogen and oxygen atoms in total. The van der Waals surface area contributed by atoms with Gasteiger partial charge in [0.25, 0.3) is 0 Å². The standard InChI is InChI=1S/C14H17N5O/c20-14(5-7-19-10-15-9-17-19)18-12-3-4-13-11(8-12)2-1-6-16-13/h3-4,8-10,16H,1-2,5-7H2,(H,18,20). The van der Waals surface area contributed by atoms with E-state index in [1.165, 1.54) is 17.6 Å². The summed E-state index contributed by atoms with van der Waals surface area (Å²) < 4.78 is 1.65. The van der Waals surface area contributed by atoms with Gasteiger partial charge in [-0.3, -0.25) is 9.48 Å². The van der Waals surface area contributed by atoms with Crippen LogP contribution >= 0.6 is 0 Å². The van der Waals surface area contributed by atoms with Crippen LogP contribution in [0.2, 0.25) is 0 Å². The number of benzene rings is 1. The maximum atomic E-state index is 11.9. The van der Waals surface area contributed by atoms with Crippen molar-refractivity contribution >= 4 is 17.3 Å². The Morgan fingerprint density at radius 2 is 2.40 bits per heavy atom. The lowest BCUT2D eigenvalue weighted by Crippen LogP contribution is -2.16. The number of aryl methyl sites for hydroxylation is 2. The molecule has 1 aromatic heterocycles. The van der Waals surface area contributed by atoms with Gasteiger partial charge in [0.1, 0.15) is 12.7 Å². The fraction of sp³-hybridized carbons (Fsp3) is 0.357. The average molecular weight is 271 g/mol. The molecule has 0 radical (unpaired) electrons. The topological polar surface area (TPSA) is 71.8 Å². The molecular formula is C14H17N5O. The maximum Gasteiger partial charge on any atom is 0.226 e. The number of carbonyl (C=O) groups is 1. The smallest absolute Gasteiger partial charge is 0.226 e. The summed E-state index contributed by atoms with van der Waals surface area (Å²) in [7, 11) is 0. The van der Waals surface area contributed by atoms with Gasteiger partial charge < -0.3 is 10.6 Å². The van der Waals surface area contributed by atoms with Crippen molar-refractivity contribution in [1.82, 2.24) is 14.8 Å². The lowest BCUT2D eigenvalue weighted by molar-refractivity contribution is -0.116. The molecule has 1 aliphatic rings. The Bertz CT molecular complexity index is 594. The van der Waals surface area contributed by atoms with Crippen molar-refractivity contribution in [3.8, 4) is 0 Å². The van der Waals surface area contributed by atoms with Gasteiger partial charge in [-0.1, -0.05) is 0 Å². The number of hydrogen-bond donors (Lipinski definition) is 2. The molecule has 3 rings (SSSR count). The van der Waals surface area contributed by atoms with E-state index in [0.717, 1.165) is 25.1 Å². The summed E-state index contributed by atoms with van der Waals surface area (Å²) in [5.41, 5.74) is 3.30. The number of fused-ring (bicyclic) bond motifs is 1. The van der Waals surface area contributed by atoms with E-state index in [-0.39, 0.29) is 5.91 Å².